The molecule has 1 aliphatic carbocycles. The molecule has 43 heavy (non-hydrogen) atoms. The van der Waals surface area contributed by atoms with Gasteiger partial charge in [0.25, 0.3) is 11.8 Å². The first-order chi connectivity index (χ1) is 20.6. The van der Waals surface area contributed by atoms with E-state index in [1.165, 1.54) is 11.0 Å². The second kappa shape index (κ2) is 11.1. The third-order valence-electron chi connectivity index (χ3n) is 9.11. The highest BCUT2D eigenvalue weighted by atomic mass is 19.3. The molecule has 1 spiro atoms. The van der Waals surface area contributed by atoms with Crippen LogP contribution in [-0.2, 0) is 18.5 Å². The number of likely N-dealkylation sites (N-methyl/N-ethyl adjacent to an activating group) is 1. The number of halogens is 3. The van der Waals surface area contributed by atoms with Crippen LogP contribution >= 0.6 is 0 Å². The van der Waals surface area contributed by atoms with E-state index in [-0.39, 0.29) is 31.2 Å². The third-order valence-corrected chi connectivity index (χ3v) is 9.11. The Morgan fingerprint density at radius 2 is 1.86 bits per heavy atom. The number of benzene rings is 1. The molecule has 9 nitrogen and oxygen atoms in total. The second-order valence-corrected chi connectivity index (χ2v) is 11.9. The summed E-state index contributed by atoms with van der Waals surface area (Å²) in [4.78, 5) is 28.8. The van der Waals surface area contributed by atoms with E-state index in [0.717, 1.165) is 43.5 Å². The fraction of sp³-hybridized carbons (Fsp3) is 0.516. The molecule has 12 heteroatoms. The van der Waals surface area contributed by atoms with E-state index in [1.807, 2.05) is 16.8 Å². The summed E-state index contributed by atoms with van der Waals surface area (Å²) in [6, 6.07) is 4.54. The van der Waals surface area contributed by atoms with Gasteiger partial charge in [0, 0.05) is 76.8 Å². The molecule has 2 fully saturated rings. The smallest absolute Gasteiger partial charge is 0.260 e. The summed E-state index contributed by atoms with van der Waals surface area (Å²) in [5, 5.41) is 3.06. The van der Waals surface area contributed by atoms with Gasteiger partial charge in [-0.1, -0.05) is 6.07 Å². The summed E-state index contributed by atoms with van der Waals surface area (Å²) in [6.07, 6.45) is 4.26. The van der Waals surface area contributed by atoms with Crippen molar-refractivity contribution in [2.45, 2.75) is 50.7 Å². The van der Waals surface area contributed by atoms with E-state index in [1.54, 1.807) is 33.2 Å². The summed E-state index contributed by atoms with van der Waals surface area (Å²) in [6.45, 7) is 7.93. The van der Waals surface area contributed by atoms with Crippen LogP contribution in [0, 0.1) is 5.82 Å². The average Bonchev–Trinajstić information content (AvgIpc) is 3.27. The van der Waals surface area contributed by atoms with Crippen LogP contribution in [0.15, 0.2) is 36.8 Å². The maximum absolute atomic E-state index is 15.6. The fourth-order valence-corrected chi connectivity index (χ4v) is 6.60. The van der Waals surface area contributed by atoms with Crippen LogP contribution < -0.4 is 10.1 Å². The number of carbonyl (C=O) groups is 1. The third kappa shape index (κ3) is 5.24. The summed E-state index contributed by atoms with van der Waals surface area (Å²) in [7, 11) is 3.86. The number of ether oxygens (including phenoxy) is 1. The fourth-order valence-electron chi connectivity index (χ4n) is 6.60. The molecule has 1 saturated heterocycles. The van der Waals surface area contributed by atoms with Gasteiger partial charge >= 0.3 is 0 Å². The molecule has 0 unspecified atom stereocenters. The van der Waals surface area contributed by atoms with Crippen LogP contribution in [-0.4, -0.2) is 94.5 Å². The molecule has 2 aliphatic heterocycles. The SMILES string of the molecule is CCOc1cc([C@@H](C)N2C[C@]3(CC3(F)F)c3c(CN4CCN(C)CC4)cc(Cn4ccnc4NC)cc3C2=O)ncc1F. The van der Waals surface area contributed by atoms with Gasteiger partial charge in [-0.25, -0.2) is 18.2 Å². The number of aromatic nitrogens is 3. The monoisotopic (exact) mass is 597 g/mol. The molecule has 2 aromatic heterocycles. The second-order valence-electron chi connectivity index (χ2n) is 11.9. The minimum atomic E-state index is -2.96. The van der Waals surface area contributed by atoms with Gasteiger partial charge in [-0.15, -0.1) is 0 Å². The van der Waals surface area contributed by atoms with Gasteiger partial charge in [0.05, 0.1) is 36.5 Å². The predicted molar refractivity (Wildman–Crippen MR) is 156 cm³/mol. The minimum absolute atomic E-state index is 0.0214. The maximum atomic E-state index is 15.6. The molecule has 1 aromatic carbocycles. The Morgan fingerprint density at radius 3 is 2.53 bits per heavy atom. The molecule has 0 bridgehead atoms. The van der Waals surface area contributed by atoms with Crippen molar-refractivity contribution in [1.29, 1.82) is 0 Å². The number of carbonyl (C=O) groups excluding carboxylic acids is 1. The first-order valence-electron chi connectivity index (χ1n) is 14.8. The number of hydrogen-bond acceptors (Lipinski definition) is 7. The van der Waals surface area contributed by atoms with Crippen molar-refractivity contribution in [3.63, 3.8) is 0 Å². The minimum Gasteiger partial charge on any atom is -0.491 e. The zero-order valence-corrected chi connectivity index (χ0v) is 25.0. The summed E-state index contributed by atoms with van der Waals surface area (Å²) in [5.41, 5.74) is 1.27. The van der Waals surface area contributed by atoms with Crippen molar-refractivity contribution >= 4 is 11.9 Å². The number of fused-ring (bicyclic) bond motifs is 2. The quantitative estimate of drug-likeness (QED) is 0.397. The number of nitrogens with one attached hydrogen (secondary N) is 1. The topological polar surface area (TPSA) is 78.8 Å². The molecule has 6 rings (SSSR count). The normalized spacial score (nSPS) is 22.5. The molecule has 230 valence electrons. The maximum Gasteiger partial charge on any atom is 0.260 e. The van der Waals surface area contributed by atoms with Crippen molar-refractivity contribution < 1.29 is 22.7 Å². The van der Waals surface area contributed by atoms with Crippen LogP contribution in [0.2, 0.25) is 0 Å². The number of piperazine rings is 1. The van der Waals surface area contributed by atoms with Gasteiger partial charge in [-0.2, -0.15) is 0 Å². The van der Waals surface area contributed by atoms with Gasteiger partial charge in [0.2, 0.25) is 5.95 Å². The molecule has 2 atom stereocenters. The van der Waals surface area contributed by atoms with Gasteiger partial charge in [0.15, 0.2) is 11.6 Å². The first-order valence-corrected chi connectivity index (χ1v) is 14.8. The Morgan fingerprint density at radius 1 is 1.12 bits per heavy atom. The lowest BCUT2D eigenvalue weighted by Crippen LogP contribution is -2.48. The van der Waals surface area contributed by atoms with Crippen LogP contribution in [0.4, 0.5) is 19.1 Å². The Kier molecular flexibility index (Phi) is 7.62. The Hall–Kier alpha value is -3.64. The van der Waals surface area contributed by atoms with E-state index in [2.05, 4.69) is 32.1 Å². The van der Waals surface area contributed by atoms with Crippen molar-refractivity contribution in [2.24, 2.45) is 0 Å². The van der Waals surface area contributed by atoms with Crippen LogP contribution in [0.5, 0.6) is 5.75 Å². The summed E-state index contributed by atoms with van der Waals surface area (Å²) < 4.78 is 52.8. The van der Waals surface area contributed by atoms with Crippen LogP contribution in [0.3, 0.4) is 0 Å². The molecule has 4 heterocycles. The number of anilines is 1. The van der Waals surface area contributed by atoms with Gasteiger partial charge in [-0.3, -0.25) is 14.7 Å². The number of amides is 1. The Labute approximate surface area is 249 Å². The number of pyridine rings is 1. The highest BCUT2D eigenvalue weighted by Gasteiger charge is 2.75. The molecular formula is C31H38F3N7O2. The molecular weight excluding hydrogens is 559 g/mol. The number of hydrogen-bond donors (Lipinski definition) is 1. The zero-order valence-electron chi connectivity index (χ0n) is 25.0. The molecule has 0 radical (unpaired) electrons. The van der Waals surface area contributed by atoms with Crippen LogP contribution in [0.1, 0.15) is 59.1 Å². The van der Waals surface area contributed by atoms with Gasteiger partial charge in [-0.05, 0) is 43.7 Å². The van der Waals surface area contributed by atoms with E-state index in [4.69, 9.17) is 4.74 Å². The number of alkyl halides is 2. The molecule has 1 N–H and O–H groups in total. The Bertz CT molecular complexity index is 1520. The highest BCUT2D eigenvalue weighted by Crippen LogP contribution is 2.65. The predicted octanol–water partition coefficient (Wildman–Crippen LogP) is 4.15. The lowest BCUT2D eigenvalue weighted by atomic mass is 9.80. The van der Waals surface area contributed by atoms with E-state index >= 15 is 8.78 Å². The molecule has 1 saturated carbocycles. The van der Waals surface area contributed by atoms with E-state index in [9.17, 15) is 9.18 Å². The average molecular weight is 598 g/mol. The number of imidazole rings is 1. The van der Waals surface area contributed by atoms with Gasteiger partial charge < -0.3 is 24.4 Å². The van der Waals surface area contributed by atoms with E-state index < -0.39 is 23.2 Å². The summed E-state index contributed by atoms with van der Waals surface area (Å²) >= 11 is 0. The van der Waals surface area contributed by atoms with E-state index in [0.29, 0.717) is 35.9 Å². The molecule has 3 aromatic rings. The lowest BCUT2D eigenvalue weighted by molar-refractivity contribution is 0.0449. The summed E-state index contributed by atoms with van der Waals surface area (Å²) in [5.74, 6) is -3.22. The highest BCUT2D eigenvalue weighted by molar-refractivity contribution is 5.99. The Balaban J connectivity index is 1.44. The zero-order chi connectivity index (χ0) is 30.5. The van der Waals surface area contributed by atoms with Crippen molar-refractivity contribution in [3.05, 3.63) is 70.6 Å². The standard InChI is InChI=1S/C31H38F3N7O2/c1-5-43-26-14-25(37-15-24(26)32)20(2)41-19-30(18-31(30,33)34)27-22(17-39-10-8-38(4)9-11-39)12-21(13-23(27)28(41)42)16-40-7-6-36-29(40)35-3/h6-7,12-15,20H,5,8-11,16-19H2,1-4H3,(H,35,36)/t20-,30-/m1/s1. The van der Waals surface area contributed by atoms with Crippen molar-refractivity contribution in [1.82, 2.24) is 29.2 Å². The van der Waals surface area contributed by atoms with Crippen molar-refractivity contribution in [3.8, 4) is 5.75 Å². The van der Waals surface area contributed by atoms with Gasteiger partial charge in [0.1, 0.15) is 0 Å². The number of nitrogens with zero attached hydrogens (tertiary/aromatic N) is 6. The first kappa shape index (κ1) is 29.4. The lowest BCUT2D eigenvalue weighted by Gasteiger charge is -2.40. The van der Waals surface area contributed by atoms with Crippen LogP contribution in [0.25, 0.3) is 0 Å². The molecule has 3 aliphatic rings. The number of rotatable bonds is 9. The largest absolute Gasteiger partial charge is 0.491 e. The molecule has 1 amide bonds. The van der Waals surface area contributed by atoms with Crippen molar-refractivity contribution in [2.75, 3.05) is 58.7 Å².